The lowest BCUT2D eigenvalue weighted by Gasteiger charge is -2.24. The number of amides is 1. The van der Waals surface area contributed by atoms with Gasteiger partial charge < -0.3 is 15.5 Å². The monoisotopic (exact) mass is 297 g/mol. The van der Waals surface area contributed by atoms with Crippen molar-refractivity contribution in [3.05, 3.63) is 21.9 Å². The minimum absolute atomic E-state index is 0.161. The first-order valence-electron chi connectivity index (χ1n) is 7.24. The zero-order chi connectivity index (χ0) is 14.7. The van der Waals surface area contributed by atoms with Crippen molar-refractivity contribution >= 4 is 17.2 Å². The summed E-state index contributed by atoms with van der Waals surface area (Å²) in [5, 5.41) is 24.6. The van der Waals surface area contributed by atoms with Gasteiger partial charge in [0, 0.05) is 10.3 Å². The first kappa shape index (κ1) is 15.5. The van der Waals surface area contributed by atoms with E-state index < -0.39 is 12.2 Å². The van der Waals surface area contributed by atoms with Crippen LogP contribution in [0.2, 0.25) is 0 Å². The summed E-state index contributed by atoms with van der Waals surface area (Å²) in [7, 11) is 0. The van der Waals surface area contributed by atoms with Gasteiger partial charge in [-0.1, -0.05) is 26.7 Å². The van der Waals surface area contributed by atoms with E-state index in [4.69, 9.17) is 0 Å². The number of rotatable bonds is 3. The number of carbonyl (C=O) groups is 1. The minimum Gasteiger partial charge on any atom is -0.390 e. The highest BCUT2D eigenvalue weighted by molar-refractivity contribution is 7.10. The fourth-order valence-electron chi connectivity index (χ4n) is 2.51. The van der Waals surface area contributed by atoms with Crippen LogP contribution in [0.1, 0.15) is 60.7 Å². The maximum Gasteiger partial charge on any atom is 0.252 e. The van der Waals surface area contributed by atoms with Crippen molar-refractivity contribution < 1.29 is 15.0 Å². The van der Waals surface area contributed by atoms with E-state index in [1.807, 2.05) is 11.4 Å². The van der Waals surface area contributed by atoms with Crippen molar-refractivity contribution in [3.8, 4) is 0 Å². The number of carbonyl (C=O) groups excluding carboxylic acids is 1. The van der Waals surface area contributed by atoms with E-state index in [0.717, 1.165) is 12.8 Å². The van der Waals surface area contributed by atoms with Crippen molar-refractivity contribution in [1.82, 2.24) is 5.32 Å². The van der Waals surface area contributed by atoms with E-state index in [0.29, 0.717) is 24.3 Å². The van der Waals surface area contributed by atoms with Crippen LogP contribution < -0.4 is 5.32 Å². The Bertz CT molecular complexity index is 458. The van der Waals surface area contributed by atoms with Crippen molar-refractivity contribution in [2.24, 2.45) is 0 Å². The molecule has 1 fully saturated rings. The SMILES string of the molecule is CC(C)c1cc(C(=O)N[C@@H]2CCCC[C@@H](O)[C@@H]2O)cs1. The zero-order valence-corrected chi connectivity index (χ0v) is 12.8. The fourth-order valence-corrected chi connectivity index (χ4v) is 3.42. The molecule has 4 nitrogen and oxygen atoms in total. The van der Waals surface area contributed by atoms with Gasteiger partial charge in [0.05, 0.1) is 23.8 Å². The van der Waals surface area contributed by atoms with Crippen molar-refractivity contribution in [1.29, 1.82) is 0 Å². The predicted octanol–water partition coefficient (Wildman–Crippen LogP) is 2.27. The van der Waals surface area contributed by atoms with Crippen molar-refractivity contribution in [2.45, 2.75) is 63.7 Å². The molecule has 5 heteroatoms. The van der Waals surface area contributed by atoms with E-state index in [1.165, 1.54) is 4.88 Å². The summed E-state index contributed by atoms with van der Waals surface area (Å²) in [6.07, 6.45) is 1.51. The minimum atomic E-state index is -0.871. The molecule has 3 atom stereocenters. The molecule has 0 unspecified atom stereocenters. The van der Waals surface area contributed by atoms with Crippen LogP contribution in [0.3, 0.4) is 0 Å². The van der Waals surface area contributed by atoms with Gasteiger partial charge in [0.1, 0.15) is 0 Å². The van der Waals surface area contributed by atoms with Gasteiger partial charge in [0.15, 0.2) is 0 Å². The molecule has 1 saturated carbocycles. The van der Waals surface area contributed by atoms with E-state index in [9.17, 15) is 15.0 Å². The predicted molar refractivity (Wildman–Crippen MR) is 80.1 cm³/mol. The molecule has 0 bridgehead atoms. The number of aliphatic hydroxyl groups is 2. The van der Waals surface area contributed by atoms with Crippen LogP contribution in [0, 0.1) is 0 Å². The second-order valence-corrected chi connectivity index (χ2v) is 6.76. The topological polar surface area (TPSA) is 69.6 Å². The van der Waals surface area contributed by atoms with Gasteiger partial charge in [-0.3, -0.25) is 4.79 Å². The van der Waals surface area contributed by atoms with Crippen molar-refractivity contribution in [2.75, 3.05) is 0 Å². The lowest BCUT2D eigenvalue weighted by molar-refractivity contribution is -0.00124. The van der Waals surface area contributed by atoms with Crippen molar-refractivity contribution in [3.63, 3.8) is 0 Å². The Labute approximate surface area is 123 Å². The highest BCUT2D eigenvalue weighted by atomic mass is 32.1. The lowest BCUT2D eigenvalue weighted by atomic mass is 10.0. The molecule has 20 heavy (non-hydrogen) atoms. The van der Waals surface area contributed by atoms with Gasteiger partial charge in [0.25, 0.3) is 5.91 Å². The van der Waals surface area contributed by atoms with Gasteiger partial charge in [-0.25, -0.2) is 0 Å². The molecule has 112 valence electrons. The molecule has 0 spiro atoms. The van der Waals surface area contributed by atoms with Crippen LogP contribution in [-0.4, -0.2) is 34.4 Å². The lowest BCUT2D eigenvalue weighted by Crippen LogP contribution is -2.47. The molecule has 1 heterocycles. The smallest absolute Gasteiger partial charge is 0.252 e. The summed E-state index contributed by atoms with van der Waals surface area (Å²) in [6, 6.07) is 1.55. The quantitative estimate of drug-likeness (QED) is 0.750. The normalized spacial score (nSPS) is 27.4. The van der Waals surface area contributed by atoms with Gasteiger partial charge in [-0.2, -0.15) is 0 Å². The molecule has 1 amide bonds. The molecule has 1 aromatic heterocycles. The first-order chi connectivity index (χ1) is 9.49. The Balaban J connectivity index is 2.02. The Morgan fingerprint density at radius 1 is 1.35 bits per heavy atom. The van der Waals surface area contributed by atoms with Crippen LogP contribution in [0.5, 0.6) is 0 Å². The fraction of sp³-hybridized carbons (Fsp3) is 0.667. The van der Waals surface area contributed by atoms with Crippen LogP contribution in [0.4, 0.5) is 0 Å². The van der Waals surface area contributed by atoms with Gasteiger partial charge in [0.2, 0.25) is 0 Å². The second-order valence-electron chi connectivity index (χ2n) is 5.81. The zero-order valence-electron chi connectivity index (χ0n) is 12.0. The third kappa shape index (κ3) is 3.59. The summed E-state index contributed by atoms with van der Waals surface area (Å²) in [4.78, 5) is 13.4. The van der Waals surface area contributed by atoms with Gasteiger partial charge >= 0.3 is 0 Å². The summed E-state index contributed by atoms with van der Waals surface area (Å²) in [6.45, 7) is 4.19. The van der Waals surface area contributed by atoms with E-state index in [2.05, 4.69) is 19.2 Å². The summed E-state index contributed by atoms with van der Waals surface area (Å²) < 4.78 is 0. The second kappa shape index (κ2) is 6.70. The molecule has 0 aromatic carbocycles. The Hall–Kier alpha value is -0.910. The molecule has 2 rings (SSSR count). The summed E-state index contributed by atoms with van der Waals surface area (Å²) >= 11 is 1.58. The standard InChI is InChI=1S/C15H23NO3S/c1-9(2)13-7-10(8-20-13)15(19)16-11-5-3-4-6-12(17)14(11)18/h7-9,11-12,14,17-18H,3-6H2,1-2H3,(H,16,19)/t11-,12-,14-/m1/s1. The van der Waals surface area contributed by atoms with Crippen LogP contribution in [0.25, 0.3) is 0 Å². The molecule has 0 aliphatic heterocycles. The average molecular weight is 297 g/mol. The number of hydrogen-bond acceptors (Lipinski definition) is 4. The van der Waals surface area contributed by atoms with E-state index >= 15 is 0 Å². The maximum absolute atomic E-state index is 12.2. The largest absolute Gasteiger partial charge is 0.390 e. The third-order valence-corrected chi connectivity index (χ3v) is 5.07. The van der Waals surface area contributed by atoms with E-state index in [1.54, 1.807) is 11.3 Å². The molecule has 0 saturated heterocycles. The number of nitrogens with one attached hydrogen (secondary N) is 1. The third-order valence-electron chi connectivity index (χ3n) is 3.84. The van der Waals surface area contributed by atoms with E-state index in [-0.39, 0.29) is 11.9 Å². The Morgan fingerprint density at radius 3 is 2.70 bits per heavy atom. The average Bonchev–Trinajstić information content (AvgIpc) is 2.85. The van der Waals surface area contributed by atoms with Gasteiger partial charge in [-0.15, -0.1) is 11.3 Å². The summed E-state index contributed by atoms with van der Waals surface area (Å²) in [5.41, 5.74) is 0.643. The first-order valence-corrected chi connectivity index (χ1v) is 8.12. The Kier molecular flexibility index (Phi) is 5.18. The maximum atomic E-state index is 12.2. The number of thiophene rings is 1. The number of aliphatic hydroxyl groups excluding tert-OH is 2. The highest BCUT2D eigenvalue weighted by Gasteiger charge is 2.30. The molecule has 1 aromatic rings. The highest BCUT2D eigenvalue weighted by Crippen LogP contribution is 2.24. The molecule has 3 N–H and O–H groups in total. The van der Waals surface area contributed by atoms with Crippen LogP contribution in [0.15, 0.2) is 11.4 Å². The molecular weight excluding hydrogens is 274 g/mol. The molecule has 1 aliphatic rings. The van der Waals surface area contributed by atoms with Gasteiger partial charge in [-0.05, 0) is 24.8 Å². The molecule has 1 aliphatic carbocycles. The summed E-state index contributed by atoms with van der Waals surface area (Å²) in [5.74, 6) is 0.248. The molecular formula is C15H23NO3S. The Morgan fingerprint density at radius 2 is 2.05 bits per heavy atom. The van der Waals surface area contributed by atoms with Crippen LogP contribution in [-0.2, 0) is 0 Å². The number of hydrogen-bond donors (Lipinski definition) is 3. The van der Waals surface area contributed by atoms with Crippen LogP contribution >= 0.6 is 11.3 Å². The molecule has 0 radical (unpaired) electrons.